The monoisotopic (exact) mass is 586 g/mol. The van der Waals surface area contributed by atoms with Crippen LogP contribution in [0.1, 0.15) is 0 Å². The third-order valence-corrected chi connectivity index (χ3v) is 9.40. The summed E-state index contributed by atoms with van der Waals surface area (Å²) in [7, 11) is 0. The van der Waals surface area contributed by atoms with E-state index in [1.54, 1.807) is 0 Å². The van der Waals surface area contributed by atoms with Gasteiger partial charge in [-0.15, -0.1) is 0 Å². The molecule has 3 aromatic heterocycles. The Morgan fingerprint density at radius 3 is 1.67 bits per heavy atom. The predicted octanol–water partition coefficient (Wildman–Crippen LogP) is 11.7. The fraction of sp³-hybridized carbons (Fsp3) is 0. The average Bonchev–Trinajstić information content (AvgIpc) is 3.67. The van der Waals surface area contributed by atoms with Crippen LogP contribution in [0.4, 0.5) is 0 Å². The molecule has 0 radical (unpaired) electrons. The second-order valence-electron chi connectivity index (χ2n) is 11.9. The highest BCUT2D eigenvalue weighted by Gasteiger charge is 2.17. The van der Waals surface area contributed by atoms with Crippen molar-refractivity contribution in [2.45, 2.75) is 0 Å². The lowest BCUT2D eigenvalue weighted by atomic mass is 9.96. The summed E-state index contributed by atoms with van der Waals surface area (Å²) < 4.78 is 8.85. The van der Waals surface area contributed by atoms with Crippen molar-refractivity contribution in [3.8, 4) is 28.1 Å². The number of benzene rings is 7. The van der Waals surface area contributed by atoms with Crippen LogP contribution in [0.15, 0.2) is 162 Å². The zero-order valence-corrected chi connectivity index (χ0v) is 24.8. The summed E-state index contributed by atoms with van der Waals surface area (Å²) >= 11 is 0. The Balaban J connectivity index is 1.08. The molecule has 3 heterocycles. The largest absolute Gasteiger partial charge is 0.455 e. The number of para-hydroxylation sites is 4. The highest BCUT2D eigenvalue weighted by Crippen LogP contribution is 2.41. The van der Waals surface area contributed by atoms with E-state index >= 15 is 0 Å². The van der Waals surface area contributed by atoms with Gasteiger partial charge in [0.2, 0.25) is 0 Å². The molecule has 0 bridgehead atoms. The van der Waals surface area contributed by atoms with E-state index in [2.05, 4.69) is 150 Å². The molecule has 46 heavy (non-hydrogen) atoms. The van der Waals surface area contributed by atoms with Crippen molar-refractivity contribution in [3.05, 3.63) is 158 Å². The number of rotatable bonds is 3. The topological polar surface area (TPSA) is 31.0 Å². The summed E-state index contributed by atoms with van der Waals surface area (Å²) in [6.45, 7) is 0. The Labute approximate surface area is 264 Å². The fourth-order valence-electron chi connectivity index (χ4n) is 7.26. The van der Waals surface area contributed by atoms with Gasteiger partial charge in [-0.3, -0.25) is 0 Å². The number of nitrogens with zero attached hydrogens (tertiary/aromatic N) is 2. The SMILES string of the molecule is c1ccc2c(c1)nc(-c1ccc(-c3ccc(-n4c5ccccc5c5ccccc54)cc3)cc1)c1ccc3c4ccccc4oc3c12. The van der Waals surface area contributed by atoms with Crippen LogP contribution in [0.25, 0.3) is 93.5 Å². The summed E-state index contributed by atoms with van der Waals surface area (Å²) in [5.41, 5.74) is 10.8. The van der Waals surface area contributed by atoms with Gasteiger partial charge in [0.25, 0.3) is 0 Å². The van der Waals surface area contributed by atoms with Crippen LogP contribution in [-0.2, 0) is 0 Å². The van der Waals surface area contributed by atoms with Gasteiger partial charge < -0.3 is 8.98 Å². The van der Waals surface area contributed by atoms with Gasteiger partial charge in [-0.2, -0.15) is 0 Å². The number of hydrogen-bond donors (Lipinski definition) is 0. The van der Waals surface area contributed by atoms with E-state index in [4.69, 9.17) is 9.40 Å². The maximum Gasteiger partial charge on any atom is 0.144 e. The minimum Gasteiger partial charge on any atom is -0.455 e. The van der Waals surface area contributed by atoms with Gasteiger partial charge in [0, 0.05) is 49.0 Å². The predicted molar refractivity (Wildman–Crippen MR) is 192 cm³/mol. The van der Waals surface area contributed by atoms with E-state index in [0.29, 0.717) is 0 Å². The van der Waals surface area contributed by atoms with Crippen LogP contribution >= 0.6 is 0 Å². The molecule has 0 aliphatic rings. The van der Waals surface area contributed by atoms with Gasteiger partial charge in [-0.1, -0.05) is 115 Å². The lowest BCUT2D eigenvalue weighted by Gasteiger charge is -2.12. The molecule has 10 aromatic rings. The second kappa shape index (κ2) is 9.65. The molecular weight excluding hydrogens is 560 g/mol. The zero-order valence-electron chi connectivity index (χ0n) is 24.8. The van der Waals surface area contributed by atoms with Gasteiger partial charge >= 0.3 is 0 Å². The Hall–Kier alpha value is -6.19. The molecule has 0 aliphatic heterocycles. The van der Waals surface area contributed by atoms with E-state index < -0.39 is 0 Å². The Morgan fingerprint density at radius 2 is 0.957 bits per heavy atom. The molecule has 0 N–H and O–H groups in total. The van der Waals surface area contributed by atoms with Gasteiger partial charge in [-0.05, 0) is 53.6 Å². The maximum absolute atomic E-state index is 6.50. The lowest BCUT2D eigenvalue weighted by molar-refractivity contribution is 0.673. The quantitative estimate of drug-likeness (QED) is 0.193. The van der Waals surface area contributed by atoms with Crippen molar-refractivity contribution in [3.63, 3.8) is 0 Å². The molecule has 0 fully saturated rings. The molecule has 214 valence electrons. The molecule has 7 aromatic carbocycles. The highest BCUT2D eigenvalue weighted by molar-refractivity contribution is 6.24. The van der Waals surface area contributed by atoms with Gasteiger partial charge in [-0.25, -0.2) is 4.98 Å². The number of hydrogen-bond acceptors (Lipinski definition) is 2. The van der Waals surface area contributed by atoms with Crippen molar-refractivity contribution in [2.24, 2.45) is 0 Å². The molecule has 0 atom stereocenters. The summed E-state index contributed by atoms with van der Waals surface area (Å²) in [5.74, 6) is 0. The van der Waals surface area contributed by atoms with Gasteiger partial charge in [0.15, 0.2) is 0 Å². The normalized spacial score (nSPS) is 11.9. The van der Waals surface area contributed by atoms with E-state index in [1.165, 1.54) is 32.9 Å². The van der Waals surface area contributed by atoms with E-state index in [0.717, 1.165) is 60.6 Å². The van der Waals surface area contributed by atoms with Crippen molar-refractivity contribution in [1.82, 2.24) is 9.55 Å². The molecule has 0 aliphatic carbocycles. The van der Waals surface area contributed by atoms with Gasteiger partial charge in [0.05, 0.1) is 22.2 Å². The minimum atomic E-state index is 0.904. The summed E-state index contributed by atoms with van der Waals surface area (Å²) in [4.78, 5) is 5.18. The Bertz CT molecular complexity index is 2730. The standard InChI is InChI=1S/C43H26N2O/c1-5-13-37-35(12-1)41-36(26-25-34-33-11-4-8-16-40(33)46-43(34)41)42(44-37)29-19-17-27(18-20-29)28-21-23-30(24-22-28)45-38-14-6-2-9-31(38)32-10-3-7-15-39(32)45/h1-26H. The number of aromatic nitrogens is 2. The van der Waals surface area contributed by atoms with E-state index in [9.17, 15) is 0 Å². The van der Waals surface area contributed by atoms with Crippen molar-refractivity contribution in [1.29, 1.82) is 0 Å². The van der Waals surface area contributed by atoms with Crippen molar-refractivity contribution >= 4 is 65.4 Å². The van der Waals surface area contributed by atoms with Crippen LogP contribution in [0.2, 0.25) is 0 Å². The number of fused-ring (bicyclic) bond motifs is 10. The fourth-order valence-corrected chi connectivity index (χ4v) is 7.26. The molecular formula is C43H26N2O. The molecule has 10 rings (SSSR count). The Morgan fingerprint density at radius 1 is 0.413 bits per heavy atom. The summed E-state index contributed by atoms with van der Waals surface area (Å²) in [6, 6.07) is 55.9. The van der Waals surface area contributed by atoms with Crippen LogP contribution in [0.3, 0.4) is 0 Å². The molecule has 0 unspecified atom stereocenters. The van der Waals surface area contributed by atoms with Crippen LogP contribution in [0, 0.1) is 0 Å². The minimum absolute atomic E-state index is 0.904. The molecule has 3 heteroatoms. The maximum atomic E-state index is 6.50. The van der Waals surface area contributed by atoms with Crippen molar-refractivity contribution in [2.75, 3.05) is 0 Å². The third-order valence-electron chi connectivity index (χ3n) is 9.40. The first-order valence-electron chi connectivity index (χ1n) is 15.6. The first kappa shape index (κ1) is 25.2. The molecule has 0 saturated carbocycles. The molecule has 0 spiro atoms. The summed E-state index contributed by atoms with van der Waals surface area (Å²) in [6.07, 6.45) is 0. The highest BCUT2D eigenvalue weighted by atomic mass is 16.3. The first-order chi connectivity index (χ1) is 22.8. The summed E-state index contributed by atoms with van der Waals surface area (Å²) in [5, 5.41) is 8.11. The smallest absolute Gasteiger partial charge is 0.144 e. The lowest BCUT2D eigenvalue weighted by Crippen LogP contribution is -1.93. The average molecular weight is 587 g/mol. The van der Waals surface area contributed by atoms with Crippen molar-refractivity contribution < 1.29 is 4.42 Å². The molecule has 0 amide bonds. The number of furan rings is 1. The van der Waals surface area contributed by atoms with E-state index in [-0.39, 0.29) is 0 Å². The zero-order chi connectivity index (χ0) is 30.2. The Kier molecular flexibility index (Phi) is 5.28. The third kappa shape index (κ3) is 3.63. The number of pyridine rings is 1. The molecule has 3 nitrogen and oxygen atoms in total. The van der Waals surface area contributed by atoms with Crippen LogP contribution in [0.5, 0.6) is 0 Å². The molecule has 0 saturated heterocycles. The second-order valence-corrected chi connectivity index (χ2v) is 11.9. The van der Waals surface area contributed by atoms with E-state index in [1.807, 2.05) is 12.1 Å². The van der Waals surface area contributed by atoms with Crippen LogP contribution in [-0.4, -0.2) is 9.55 Å². The van der Waals surface area contributed by atoms with Gasteiger partial charge in [0.1, 0.15) is 11.2 Å². The van der Waals surface area contributed by atoms with Crippen LogP contribution < -0.4 is 0 Å². The first-order valence-corrected chi connectivity index (χ1v) is 15.6.